The molecule has 0 spiro atoms. The Balaban J connectivity index is 3.04. The molecule has 0 fully saturated rings. The number of hydrogen-bond acceptors (Lipinski definition) is 3. The normalized spacial score (nSPS) is 14.1. The van der Waals surface area contributed by atoms with E-state index in [1.807, 2.05) is 13.8 Å². The van der Waals surface area contributed by atoms with Crippen LogP contribution in [0.1, 0.15) is 25.8 Å². The van der Waals surface area contributed by atoms with Crippen LogP contribution in [0.5, 0.6) is 0 Å². The molecule has 1 N–H and O–H groups in total. The van der Waals surface area contributed by atoms with Crippen molar-refractivity contribution in [2.24, 2.45) is 5.92 Å². The van der Waals surface area contributed by atoms with E-state index in [2.05, 4.69) is 0 Å². The Labute approximate surface area is 112 Å². The molecule has 0 heterocycles. The van der Waals surface area contributed by atoms with Gasteiger partial charge in [0, 0.05) is 0 Å². The van der Waals surface area contributed by atoms with Crippen LogP contribution in [0, 0.1) is 5.92 Å². The zero-order valence-corrected chi connectivity index (χ0v) is 11.7. The average molecular weight is 292 g/mol. The van der Waals surface area contributed by atoms with Gasteiger partial charge in [-0.05, 0) is 30.4 Å². The van der Waals surface area contributed by atoms with Crippen molar-refractivity contribution in [3.63, 3.8) is 0 Å². The fourth-order valence-electron chi connectivity index (χ4n) is 1.93. The van der Waals surface area contributed by atoms with E-state index in [1.165, 1.54) is 12.1 Å². The van der Waals surface area contributed by atoms with Crippen molar-refractivity contribution in [2.75, 3.05) is 0 Å². The Morgan fingerprint density at radius 1 is 1.21 bits per heavy atom. The molecule has 6 heteroatoms. The van der Waals surface area contributed by atoms with Gasteiger partial charge in [0.25, 0.3) is 0 Å². The fraction of sp³-hybridized carbons (Fsp3) is 0.538. The van der Waals surface area contributed by atoms with E-state index in [0.717, 1.165) is 6.07 Å². The third-order valence-electron chi connectivity index (χ3n) is 2.71. The van der Waals surface area contributed by atoms with Crippen molar-refractivity contribution in [1.29, 1.82) is 0 Å². The molecule has 0 aliphatic rings. The van der Waals surface area contributed by atoms with Crippen LogP contribution in [0.15, 0.2) is 29.2 Å². The van der Waals surface area contributed by atoms with Crippen molar-refractivity contribution in [3.05, 3.63) is 29.8 Å². The van der Waals surface area contributed by atoms with Crippen LogP contribution >= 0.6 is 0 Å². The van der Waals surface area contributed by atoms with Crippen LogP contribution in [-0.2, 0) is 16.3 Å². The molecule has 1 aromatic carbocycles. The number of halogens is 2. The Kier molecular flexibility index (Phi) is 5.43. The zero-order valence-electron chi connectivity index (χ0n) is 10.9. The molecule has 0 saturated heterocycles. The first-order valence-electron chi connectivity index (χ1n) is 6.03. The molecule has 0 bridgehead atoms. The highest BCUT2D eigenvalue weighted by atomic mass is 32.2. The lowest BCUT2D eigenvalue weighted by Gasteiger charge is -2.15. The van der Waals surface area contributed by atoms with E-state index in [9.17, 15) is 22.3 Å². The minimum absolute atomic E-state index is 0.0559. The first-order chi connectivity index (χ1) is 8.75. The van der Waals surface area contributed by atoms with Gasteiger partial charge in [0.2, 0.25) is 9.84 Å². The quantitative estimate of drug-likeness (QED) is 0.877. The largest absolute Gasteiger partial charge is 0.393 e. The summed E-state index contributed by atoms with van der Waals surface area (Å²) in [5, 5.41) is 9.82. The van der Waals surface area contributed by atoms with Gasteiger partial charge in [-0.1, -0.05) is 32.0 Å². The first kappa shape index (κ1) is 16.0. The maximum Gasteiger partial charge on any atom is 0.341 e. The predicted octanol–water partition coefficient (Wildman–Crippen LogP) is 2.63. The Morgan fingerprint density at radius 2 is 1.79 bits per heavy atom. The lowest BCUT2D eigenvalue weighted by Crippen LogP contribution is -2.18. The van der Waals surface area contributed by atoms with Crippen molar-refractivity contribution < 1.29 is 22.3 Å². The second-order valence-electron chi connectivity index (χ2n) is 4.90. The van der Waals surface area contributed by atoms with Gasteiger partial charge >= 0.3 is 5.76 Å². The summed E-state index contributed by atoms with van der Waals surface area (Å²) in [5.41, 5.74) is 0.232. The highest BCUT2D eigenvalue weighted by molar-refractivity contribution is 7.91. The van der Waals surface area contributed by atoms with Gasteiger partial charge in [-0.3, -0.25) is 0 Å². The smallest absolute Gasteiger partial charge is 0.341 e. The van der Waals surface area contributed by atoms with Crippen molar-refractivity contribution >= 4 is 9.84 Å². The third-order valence-corrected chi connectivity index (χ3v) is 4.19. The number of aliphatic hydroxyl groups is 1. The van der Waals surface area contributed by atoms with Gasteiger partial charge in [-0.15, -0.1) is 0 Å². The lowest BCUT2D eigenvalue weighted by atomic mass is 10.00. The number of alkyl halides is 2. The SMILES string of the molecule is CC(C)CC(O)Cc1ccccc1S(=O)(=O)C(F)F. The summed E-state index contributed by atoms with van der Waals surface area (Å²) in [6.07, 6.45) is -0.197. The predicted molar refractivity (Wildman–Crippen MR) is 68.8 cm³/mol. The summed E-state index contributed by atoms with van der Waals surface area (Å²) in [6.45, 7) is 3.84. The minimum atomic E-state index is -4.63. The Bertz CT molecular complexity index is 512. The van der Waals surface area contributed by atoms with E-state index >= 15 is 0 Å². The van der Waals surface area contributed by atoms with Gasteiger partial charge in [0.1, 0.15) is 0 Å². The van der Waals surface area contributed by atoms with Crippen LogP contribution in [0.3, 0.4) is 0 Å². The molecule has 0 amide bonds. The molecule has 0 aliphatic carbocycles. The molecular weight excluding hydrogens is 274 g/mol. The second kappa shape index (κ2) is 6.43. The fourth-order valence-corrected chi connectivity index (χ4v) is 2.90. The molecule has 19 heavy (non-hydrogen) atoms. The van der Waals surface area contributed by atoms with Gasteiger partial charge in [0.15, 0.2) is 0 Å². The lowest BCUT2D eigenvalue weighted by molar-refractivity contribution is 0.148. The third kappa shape index (κ3) is 4.24. The number of rotatable bonds is 6. The summed E-state index contributed by atoms with van der Waals surface area (Å²) in [4.78, 5) is -0.396. The van der Waals surface area contributed by atoms with Gasteiger partial charge in [-0.2, -0.15) is 8.78 Å². The molecule has 1 aromatic rings. The molecule has 0 aromatic heterocycles. The molecule has 0 radical (unpaired) electrons. The molecule has 1 atom stereocenters. The standard InChI is InChI=1S/C13H18F2O3S/c1-9(2)7-11(16)8-10-5-3-4-6-12(10)19(17,18)13(14)15/h3-6,9,11,13,16H,7-8H2,1-2H3. The number of hydrogen-bond donors (Lipinski definition) is 1. The zero-order chi connectivity index (χ0) is 14.6. The average Bonchev–Trinajstić information content (AvgIpc) is 2.27. The van der Waals surface area contributed by atoms with Gasteiger partial charge in [-0.25, -0.2) is 8.42 Å². The van der Waals surface area contributed by atoms with Gasteiger partial charge < -0.3 is 5.11 Å². The Hall–Kier alpha value is -1.01. The number of benzene rings is 1. The summed E-state index contributed by atoms with van der Waals surface area (Å²) in [5.74, 6) is -3.20. The van der Waals surface area contributed by atoms with Crippen molar-refractivity contribution in [2.45, 2.75) is 43.4 Å². The van der Waals surface area contributed by atoms with Crippen molar-refractivity contribution in [1.82, 2.24) is 0 Å². The van der Waals surface area contributed by atoms with E-state index in [-0.39, 0.29) is 17.9 Å². The molecule has 0 saturated carbocycles. The molecule has 1 rings (SSSR count). The summed E-state index contributed by atoms with van der Waals surface area (Å²) >= 11 is 0. The summed E-state index contributed by atoms with van der Waals surface area (Å²) in [7, 11) is -4.63. The van der Waals surface area contributed by atoms with Crippen LogP contribution in [0.25, 0.3) is 0 Å². The van der Waals surface area contributed by atoms with E-state index in [1.54, 1.807) is 6.07 Å². The highest BCUT2D eigenvalue weighted by Gasteiger charge is 2.29. The minimum Gasteiger partial charge on any atom is -0.393 e. The molecule has 0 aliphatic heterocycles. The van der Waals surface area contributed by atoms with Crippen LogP contribution in [-0.4, -0.2) is 25.4 Å². The highest BCUT2D eigenvalue weighted by Crippen LogP contribution is 2.24. The van der Waals surface area contributed by atoms with E-state index in [0.29, 0.717) is 6.42 Å². The topological polar surface area (TPSA) is 54.4 Å². The maximum absolute atomic E-state index is 12.6. The monoisotopic (exact) mass is 292 g/mol. The number of sulfone groups is 1. The summed E-state index contributed by atoms with van der Waals surface area (Å²) in [6, 6.07) is 5.58. The van der Waals surface area contributed by atoms with Gasteiger partial charge in [0.05, 0.1) is 11.0 Å². The first-order valence-corrected chi connectivity index (χ1v) is 7.57. The maximum atomic E-state index is 12.6. The van der Waals surface area contributed by atoms with E-state index in [4.69, 9.17) is 0 Å². The Morgan fingerprint density at radius 3 is 2.32 bits per heavy atom. The van der Waals surface area contributed by atoms with Crippen LogP contribution in [0.4, 0.5) is 8.78 Å². The number of aliphatic hydroxyl groups excluding tert-OH is 1. The molecule has 108 valence electrons. The van der Waals surface area contributed by atoms with Crippen molar-refractivity contribution in [3.8, 4) is 0 Å². The molecular formula is C13H18F2O3S. The van der Waals surface area contributed by atoms with Crippen LogP contribution in [0.2, 0.25) is 0 Å². The summed E-state index contributed by atoms with van der Waals surface area (Å²) < 4.78 is 48.2. The van der Waals surface area contributed by atoms with E-state index < -0.39 is 26.6 Å². The van der Waals surface area contributed by atoms with Crippen LogP contribution < -0.4 is 0 Å². The molecule has 3 nitrogen and oxygen atoms in total. The molecule has 1 unspecified atom stereocenters. The second-order valence-corrected chi connectivity index (χ2v) is 6.79.